The van der Waals surface area contributed by atoms with Gasteiger partial charge in [0.15, 0.2) is 0 Å². The SMILES string of the molecule is O=c1c2c(-c3ccco3)csc2ncn1/N=C\c1ccc(F)cc1. The molecule has 0 amide bonds. The van der Waals surface area contributed by atoms with Crippen LogP contribution in [0.2, 0.25) is 0 Å². The summed E-state index contributed by atoms with van der Waals surface area (Å²) in [6.45, 7) is 0. The number of furan rings is 1. The molecule has 0 N–H and O–H groups in total. The summed E-state index contributed by atoms with van der Waals surface area (Å²) < 4.78 is 19.5. The first-order valence-corrected chi connectivity index (χ1v) is 7.93. The van der Waals surface area contributed by atoms with Crippen molar-refractivity contribution in [3.05, 3.63) is 76.1 Å². The van der Waals surface area contributed by atoms with Crippen LogP contribution in [0.3, 0.4) is 0 Å². The molecule has 1 aromatic carbocycles. The lowest BCUT2D eigenvalue weighted by Crippen LogP contribution is -2.16. The van der Waals surface area contributed by atoms with Gasteiger partial charge < -0.3 is 4.42 Å². The number of nitrogens with zero attached hydrogens (tertiary/aromatic N) is 3. The van der Waals surface area contributed by atoms with Crippen LogP contribution in [0.4, 0.5) is 4.39 Å². The number of aromatic nitrogens is 2. The van der Waals surface area contributed by atoms with Crippen LogP contribution in [0.1, 0.15) is 5.56 Å². The zero-order valence-corrected chi connectivity index (χ0v) is 13.0. The Kier molecular flexibility index (Phi) is 3.55. The van der Waals surface area contributed by atoms with Gasteiger partial charge in [-0.3, -0.25) is 4.79 Å². The van der Waals surface area contributed by atoms with Gasteiger partial charge >= 0.3 is 0 Å². The van der Waals surface area contributed by atoms with Crippen LogP contribution in [0.25, 0.3) is 21.5 Å². The number of fused-ring (bicyclic) bond motifs is 1. The predicted octanol–water partition coefficient (Wildman–Crippen LogP) is 3.74. The Morgan fingerprint density at radius 1 is 1.25 bits per heavy atom. The van der Waals surface area contributed by atoms with Crippen molar-refractivity contribution in [2.24, 2.45) is 5.10 Å². The van der Waals surface area contributed by atoms with Crippen LogP contribution in [0.5, 0.6) is 0 Å². The Bertz CT molecular complexity index is 1080. The molecule has 0 unspecified atom stereocenters. The van der Waals surface area contributed by atoms with Crippen LogP contribution in [0.15, 0.2) is 68.7 Å². The van der Waals surface area contributed by atoms with Crippen molar-refractivity contribution in [2.75, 3.05) is 0 Å². The highest BCUT2D eigenvalue weighted by Gasteiger charge is 2.14. The van der Waals surface area contributed by atoms with Gasteiger partial charge in [-0.05, 0) is 29.8 Å². The maximum atomic E-state index is 12.9. The number of benzene rings is 1. The molecule has 7 heteroatoms. The summed E-state index contributed by atoms with van der Waals surface area (Å²) >= 11 is 1.37. The topological polar surface area (TPSA) is 60.4 Å². The van der Waals surface area contributed by atoms with Crippen LogP contribution in [0, 0.1) is 5.82 Å². The third-order valence-electron chi connectivity index (χ3n) is 3.47. The molecule has 0 saturated heterocycles. The number of hydrogen-bond donors (Lipinski definition) is 0. The van der Waals surface area contributed by atoms with Crippen molar-refractivity contribution >= 4 is 27.8 Å². The third kappa shape index (κ3) is 2.55. The van der Waals surface area contributed by atoms with Gasteiger partial charge in [0.2, 0.25) is 0 Å². The highest BCUT2D eigenvalue weighted by molar-refractivity contribution is 7.17. The third-order valence-corrected chi connectivity index (χ3v) is 4.35. The standard InChI is InChI=1S/C17H10FN3O2S/c18-12-5-3-11(4-6-12)8-20-21-10-19-16-15(17(21)22)13(9-24-16)14-2-1-7-23-14/h1-10H/b20-8-. The monoisotopic (exact) mass is 339 g/mol. The Labute approximate surface area is 139 Å². The van der Waals surface area contributed by atoms with Crippen LogP contribution in [-0.2, 0) is 0 Å². The van der Waals surface area contributed by atoms with E-state index < -0.39 is 0 Å². The zero-order chi connectivity index (χ0) is 16.5. The molecule has 0 atom stereocenters. The van der Waals surface area contributed by atoms with E-state index in [-0.39, 0.29) is 11.4 Å². The smallest absolute Gasteiger partial charge is 0.283 e. The minimum atomic E-state index is -0.325. The molecule has 3 heterocycles. The number of thiophene rings is 1. The van der Waals surface area contributed by atoms with Crippen LogP contribution >= 0.6 is 11.3 Å². The minimum absolute atomic E-state index is 0.286. The van der Waals surface area contributed by atoms with Crippen molar-refractivity contribution in [3.63, 3.8) is 0 Å². The molecule has 4 rings (SSSR count). The fourth-order valence-electron chi connectivity index (χ4n) is 2.30. The summed E-state index contributed by atoms with van der Waals surface area (Å²) in [7, 11) is 0. The summed E-state index contributed by atoms with van der Waals surface area (Å²) in [5.41, 5.74) is 1.09. The Morgan fingerprint density at radius 2 is 2.08 bits per heavy atom. The van der Waals surface area contributed by atoms with Crippen molar-refractivity contribution in [1.29, 1.82) is 0 Å². The molecule has 0 fully saturated rings. The van der Waals surface area contributed by atoms with Gasteiger partial charge in [-0.15, -0.1) is 11.3 Å². The fourth-order valence-corrected chi connectivity index (χ4v) is 3.18. The Morgan fingerprint density at radius 3 is 2.83 bits per heavy atom. The number of rotatable bonds is 3. The first-order valence-electron chi connectivity index (χ1n) is 7.05. The molecular weight excluding hydrogens is 329 g/mol. The molecule has 0 spiro atoms. The lowest BCUT2D eigenvalue weighted by molar-refractivity contribution is 0.583. The maximum Gasteiger partial charge on any atom is 0.283 e. The summed E-state index contributed by atoms with van der Waals surface area (Å²) in [5.74, 6) is 0.286. The van der Waals surface area contributed by atoms with E-state index in [0.29, 0.717) is 27.1 Å². The molecule has 0 radical (unpaired) electrons. The molecule has 0 aliphatic heterocycles. The Hall–Kier alpha value is -3.06. The van der Waals surface area contributed by atoms with E-state index >= 15 is 0 Å². The average Bonchev–Trinajstić information content (AvgIpc) is 3.25. The van der Waals surface area contributed by atoms with E-state index in [1.54, 1.807) is 30.5 Å². The van der Waals surface area contributed by atoms with Gasteiger partial charge in [-0.2, -0.15) is 9.78 Å². The average molecular weight is 339 g/mol. The Balaban J connectivity index is 1.79. The first kappa shape index (κ1) is 14.5. The lowest BCUT2D eigenvalue weighted by Gasteiger charge is -1.99. The summed E-state index contributed by atoms with van der Waals surface area (Å²) in [6, 6.07) is 9.38. The number of halogens is 1. The van der Waals surface area contributed by atoms with Crippen molar-refractivity contribution in [2.45, 2.75) is 0 Å². The fraction of sp³-hybridized carbons (Fsp3) is 0. The second-order valence-corrected chi connectivity index (χ2v) is 5.86. The van der Waals surface area contributed by atoms with Gasteiger partial charge in [-0.1, -0.05) is 12.1 Å². The van der Waals surface area contributed by atoms with E-state index in [0.717, 1.165) is 4.68 Å². The van der Waals surface area contributed by atoms with Crippen molar-refractivity contribution < 1.29 is 8.81 Å². The molecule has 3 aromatic heterocycles. The van der Waals surface area contributed by atoms with Gasteiger partial charge in [-0.25, -0.2) is 9.37 Å². The molecule has 0 bridgehead atoms. The zero-order valence-electron chi connectivity index (χ0n) is 12.2. The van der Waals surface area contributed by atoms with Crippen molar-refractivity contribution in [1.82, 2.24) is 9.66 Å². The second-order valence-electron chi connectivity index (χ2n) is 5.00. The molecule has 0 saturated carbocycles. The van der Waals surface area contributed by atoms with E-state index in [2.05, 4.69) is 10.1 Å². The lowest BCUT2D eigenvalue weighted by atomic mass is 10.2. The largest absolute Gasteiger partial charge is 0.464 e. The molecule has 0 aliphatic carbocycles. The highest BCUT2D eigenvalue weighted by atomic mass is 32.1. The molecule has 4 aromatic rings. The van der Waals surface area contributed by atoms with Crippen molar-refractivity contribution in [3.8, 4) is 11.3 Å². The summed E-state index contributed by atoms with van der Waals surface area (Å²) in [4.78, 5) is 17.6. The molecule has 5 nitrogen and oxygen atoms in total. The molecule has 118 valence electrons. The van der Waals surface area contributed by atoms with E-state index in [9.17, 15) is 9.18 Å². The second kappa shape index (κ2) is 5.86. The molecule has 24 heavy (non-hydrogen) atoms. The van der Waals surface area contributed by atoms with E-state index in [1.165, 1.54) is 36.0 Å². The first-order chi connectivity index (χ1) is 11.7. The number of hydrogen-bond acceptors (Lipinski definition) is 5. The molecule has 0 aliphatic rings. The summed E-state index contributed by atoms with van der Waals surface area (Å²) in [5, 5.41) is 6.43. The highest BCUT2D eigenvalue weighted by Crippen LogP contribution is 2.30. The van der Waals surface area contributed by atoms with Gasteiger partial charge in [0, 0.05) is 10.9 Å². The van der Waals surface area contributed by atoms with Crippen LogP contribution < -0.4 is 5.56 Å². The van der Waals surface area contributed by atoms with E-state index in [1.807, 2.05) is 5.38 Å². The van der Waals surface area contributed by atoms with Gasteiger partial charge in [0.05, 0.1) is 17.9 Å². The predicted molar refractivity (Wildman–Crippen MR) is 91.0 cm³/mol. The van der Waals surface area contributed by atoms with E-state index in [4.69, 9.17) is 4.42 Å². The van der Waals surface area contributed by atoms with Gasteiger partial charge in [0.25, 0.3) is 5.56 Å². The quantitative estimate of drug-likeness (QED) is 0.534. The molecular formula is C17H10FN3O2S. The maximum absolute atomic E-state index is 12.9. The normalized spacial score (nSPS) is 11.5. The van der Waals surface area contributed by atoms with Crippen LogP contribution in [-0.4, -0.2) is 15.9 Å². The summed E-state index contributed by atoms with van der Waals surface area (Å²) in [6.07, 6.45) is 4.40. The van der Waals surface area contributed by atoms with Gasteiger partial charge in [0.1, 0.15) is 22.7 Å². The minimum Gasteiger partial charge on any atom is -0.464 e.